The summed E-state index contributed by atoms with van der Waals surface area (Å²) < 4.78 is 6.99. The van der Waals surface area contributed by atoms with Crippen molar-refractivity contribution in [3.63, 3.8) is 0 Å². The third kappa shape index (κ3) is 6.31. The molecule has 3 aromatic carbocycles. The Balaban J connectivity index is 1.54. The molecule has 8 nitrogen and oxygen atoms in total. The molecule has 0 saturated carbocycles. The molecule has 2 amide bonds. The van der Waals surface area contributed by atoms with E-state index in [2.05, 4.69) is 20.8 Å². The van der Waals surface area contributed by atoms with Crippen LogP contribution in [0.15, 0.2) is 90.1 Å². The number of hydrogen-bond acceptors (Lipinski definition) is 6. The third-order valence-electron chi connectivity index (χ3n) is 5.36. The summed E-state index contributed by atoms with van der Waals surface area (Å²) in [7, 11) is 1.59. The Morgan fingerprint density at radius 1 is 0.889 bits per heavy atom. The van der Waals surface area contributed by atoms with Gasteiger partial charge in [0, 0.05) is 17.1 Å². The number of para-hydroxylation sites is 2. The molecule has 0 aliphatic rings. The number of methoxy groups -OCH3 is 1. The van der Waals surface area contributed by atoms with Gasteiger partial charge in [-0.05, 0) is 55.0 Å². The maximum atomic E-state index is 13.0. The molecule has 2 N–H and O–H groups in total. The van der Waals surface area contributed by atoms with Crippen LogP contribution in [0.25, 0.3) is 5.69 Å². The van der Waals surface area contributed by atoms with E-state index in [4.69, 9.17) is 4.74 Å². The monoisotopic (exact) mass is 501 g/mol. The lowest BCUT2D eigenvalue weighted by atomic mass is 10.2. The van der Waals surface area contributed by atoms with Crippen LogP contribution in [0.2, 0.25) is 0 Å². The van der Waals surface area contributed by atoms with E-state index in [-0.39, 0.29) is 18.2 Å². The number of benzene rings is 3. The van der Waals surface area contributed by atoms with E-state index in [1.54, 1.807) is 31.4 Å². The van der Waals surface area contributed by atoms with E-state index in [1.807, 2.05) is 72.2 Å². The first-order chi connectivity index (χ1) is 17.6. The number of anilines is 2. The highest BCUT2D eigenvalue weighted by atomic mass is 32.2. The van der Waals surface area contributed by atoms with Gasteiger partial charge >= 0.3 is 0 Å². The summed E-state index contributed by atoms with van der Waals surface area (Å²) in [4.78, 5) is 25.8. The van der Waals surface area contributed by atoms with Crippen molar-refractivity contribution < 1.29 is 14.3 Å². The zero-order chi connectivity index (χ0) is 25.3. The van der Waals surface area contributed by atoms with Gasteiger partial charge in [0.1, 0.15) is 11.6 Å². The van der Waals surface area contributed by atoms with Crippen LogP contribution in [0, 0.1) is 0 Å². The van der Waals surface area contributed by atoms with E-state index in [0.717, 1.165) is 11.4 Å². The van der Waals surface area contributed by atoms with Crippen molar-refractivity contribution in [1.82, 2.24) is 14.8 Å². The lowest BCUT2D eigenvalue weighted by Crippen LogP contribution is -2.25. The van der Waals surface area contributed by atoms with E-state index >= 15 is 0 Å². The van der Waals surface area contributed by atoms with E-state index in [0.29, 0.717) is 28.8 Å². The Morgan fingerprint density at radius 2 is 1.53 bits per heavy atom. The number of nitrogens with zero attached hydrogens (tertiary/aromatic N) is 3. The second-order valence-electron chi connectivity index (χ2n) is 7.89. The number of rotatable bonds is 10. The van der Waals surface area contributed by atoms with Gasteiger partial charge in [-0.15, -0.1) is 10.2 Å². The molecule has 0 spiro atoms. The Labute approximate surface area is 214 Å². The quantitative estimate of drug-likeness (QED) is 0.298. The Kier molecular flexibility index (Phi) is 8.36. The van der Waals surface area contributed by atoms with Gasteiger partial charge < -0.3 is 15.4 Å². The number of thioether (sulfide) groups is 1. The lowest BCUT2D eigenvalue weighted by molar-refractivity contribution is -0.116. The van der Waals surface area contributed by atoms with Crippen molar-refractivity contribution in [2.45, 2.75) is 30.2 Å². The Morgan fingerprint density at radius 3 is 2.17 bits per heavy atom. The van der Waals surface area contributed by atoms with Crippen LogP contribution in [0.3, 0.4) is 0 Å². The Bertz CT molecular complexity index is 1290. The molecular weight excluding hydrogens is 474 g/mol. The molecule has 0 aliphatic carbocycles. The fraction of sp³-hybridized carbons (Fsp3) is 0.185. The molecule has 9 heteroatoms. The number of hydrogen-bond donors (Lipinski definition) is 2. The minimum atomic E-state index is -0.391. The maximum absolute atomic E-state index is 13.0. The summed E-state index contributed by atoms with van der Waals surface area (Å²) in [5, 5.41) is 14.7. The van der Waals surface area contributed by atoms with E-state index in [9.17, 15) is 9.59 Å². The number of nitrogens with one attached hydrogen (secondary N) is 2. The first-order valence-corrected chi connectivity index (χ1v) is 12.4. The highest BCUT2D eigenvalue weighted by molar-refractivity contribution is 8.00. The molecule has 0 fully saturated rings. The molecule has 4 aromatic rings. The van der Waals surface area contributed by atoms with Crippen LogP contribution in [-0.2, 0) is 16.0 Å². The number of ether oxygens (including phenoxy) is 1. The van der Waals surface area contributed by atoms with Gasteiger partial charge in [0.2, 0.25) is 11.8 Å². The van der Waals surface area contributed by atoms with Crippen molar-refractivity contribution in [1.29, 1.82) is 0 Å². The lowest BCUT2D eigenvalue weighted by Gasteiger charge is -2.16. The minimum absolute atomic E-state index is 0.0154. The predicted molar refractivity (Wildman–Crippen MR) is 142 cm³/mol. The average molecular weight is 502 g/mol. The summed E-state index contributed by atoms with van der Waals surface area (Å²) >= 11 is 1.33. The second-order valence-corrected chi connectivity index (χ2v) is 9.06. The number of aromatic nitrogens is 3. The van der Waals surface area contributed by atoms with Crippen molar-refractivity contribution >= 4 is 35.0 Å². The summed E-state index contributed by atoms with van der Waals surface area (Å²) in [6.07, 6.45) is 0.611. The summed E-state index contributed by atoms with van der Waals surface area (Å²) in [5.74, 6) is 0.846. The number of amides is 2. The van der Waals surface area contributed by atoms with Crippen molar-refractivity contribution in [3.8, 4) is 11.4 Å². The fourth-order valence-electron chi connectivity index (χ4n) is 3.54. The zero-order valence-electron chi connectivity index (χ0n) is 20.0. The van der Waals surface area contributed by atoms with Crippen molar-refractivity contribution in [2.75, 3.05) is 17.7 Å². The largest absolute Gasteiger partial charge is 0.497 e. The first kappa shape index (κ1) is 25.0. The van der Waals surface area contributed by atoms with Gasteiger partial charge in [-0.25, -0.2) is 0 Å². The molecule has 1 aromatic heterocycles. The molecule has 0 saturated heterocycles. The van der Waals surface area contributed by atoms with Gasteiger partial charge in [0.05, 0.1) is 18.8 Å². The van der Waals surface area contributed by atoms with Crippen LogP contribution < -0.4 is 15.4 Å². The summed E-state index contributed by atoms with van der Waals surface area (Å²) in [6.45, 7) is 1.95. The van der Waals surface area contributed by atoms with Crippen LogP contribution in [0.5, 0.6) is 5.75 Å². The molecule has 1 heterocycles. The molecule has 4 rings (SSSR count). The van der Waals surface area contributed by atoms with Crippen LogP contribution >= 0.6 is 11.8 Å². The van der Waals surface area contributed by atoms with Gasteiger partial charge in [-0.2, -0.15) is 0 Å². The molecule has 1 atom stereocenters. The molecule has 0 bridgehead atoms. The molecule has 184 valence electrons. The highest BCUT2D eigenvalue weighted by Gasteiger charge is 2.24. The van der Waals surface area contributed by atoms with Crippen molar-refractivity contribution in [3.05, 3.63) is 90.8 Å². The van der Waals surface area contributed by atoms with Gasteiger partial charge in [-0.1, -0.05) is 55.1 Å². The third-order valence-corrected chi connectivity index (χ3v) is 6.67. The molecule has 0 radical (unpaired) electrons. The van der Waals surface area contributed by atoms with Crippen LogP contribution in [0.1, 0.15) is 19.2 Å². The zero-order valence-corrected chi connectivity index (χ0v) is 20.9. The number of carbonyl (C=O) groups is 2. The smallest absolute Gasteiger partial charge is 0.237 e. The number of carbonyl (C=O) groups excluding carboxylic acids is 2. The molecular formula is C27H27N5O3S. The molecule has 1 unspecified atom stereocenters. The van der Waals surface area contributed by atoms with E-state index in [1.165, 1.54) is 11.8 Å². The average Bonchev–Trinajstić information content (AvgIpc) is 3.30. The Hall–Kier alpha value is -4.11. The second kappa shape index (κ2) is 12.0. The summed E-state index contributed by atoms with van der Waals surface area (Å²) in [6, 6.07) is 26.0. The SMILES string of the molecule is CCC(Sc1nnc(CC(=O)Nc2ccc(OC)cc2)n1-c1ccccc1)C(=O)Nc1ccccc1. The topological polar surface area (TPSA) is 98.1 Å². The van der Waals surface area contributed by atoms with Gasteiger partial charge in [0.25, 0.3) is 0 Å². The van der Waals surface area contributed by atoms with Gasteiger partial charge in [-0.3, -0.25) is 14.2 Å². The van der Waals surface area contributed by atoms with Crippen LogP contribution in [0.4, 0.5) is 11.4 Å². The highest BCUT2D eigenvalue weighted by Crippen LogP contribution is 2.28. The summed E-state index contributed by atoms with van der Waals surface area (Å²) in [5.41, 5.74) is 2.21. The maximum Gasteiger partial charge on any atom is 0.237 e. The van der Waals surface area contributed by atoms with E-state index < -0.39 is 5.25 Å². The molecule has 36 heavy (non-hydrogen) atoms. The van der Waals surface area contributed by atoms with Gasteiger partial charge in [0.15, 0.2) is 5.16 Å². The standard InChI is InChI=1S/C27H27N5O3S/c1-3-23(26(34)29-19-10-6-4-7-11-19)36-27-31-30-24(32(27)21-12-8-5-9-13-21)18-25(33)28-20-14-16-22(35-2)17-15-20/h4-17,23H,3,18H2,1-2H3,(H,28,33)(H,29,34). The van der Waals surface area contributed by atoms with Crippen molar-refractivity contribution in [2.24, 2.45) is 0 Å². The minimum Gasteiger partial charge on any atom is -0.497 e. The molecule has 0 aliphatic heterocycles. The first-order valence-electron chi connectivity index (χ1n) is 11.5. The predicted octanol–water partition coefficient (Wildman–Crippen LogP) is 4.97. The normalized spacial score (nSPS) is 11.5. The van der Waals surface area contributed by atoms with Crippen LogP contribution in [-0.4, -0.2) is 38.9 Å². The fourth-order valence-corrected chi connectivity index (χ4v) is 4.54.